The van der Waals surface area contributed by atoms with Crippen molar-refractivity contribution in [2.45, 2.75) is 49.1 Å². The van der Waals surface area contributed by atoms with E-state index in [0.717, 1.165) is 19.3 Å². The number of imidazole rings is 1. The van der Waals surface area contributed by atoms with Crippen LogP contribution in [-0.4, -0.2) is 45.9 Å². The van der Waals surface area contributed by atoms with Crippen LogP contribution in [0.15, 0.2) is 27.9 Å². The van der Waals surface area contributed by atoms with Gasteiger partial charge in [-0.2, -0.15) is 4.31 Å². The van der Waals surface area contributed by atoms with Gasteiger partial charge in [0.15, 0.2) is 0 Å². The average molecular weight is 365 g/mol. The van der Waals surface area contributed by atoms with Gasteiger partial charge in [-0.05, 0) is 43.4 Å². The number of hydrogen-bond donors (Lipinski definition) is 3. The Morgan fingerprint density at radius 2 is 1.88 bits per heavy atom. The molecule has 1 saturated carbocycles. The van der Waals surface area contributed by atoms with Crippen molar-refractivity contribution in [1.82, 2.24) is 14.3 Å². The molecule has 134 valence electrons. The molecule has 2 heterocycles. The highest BCUT2D eigenvalue weighted by Crippen LogP contribution is 2.42. The van der Waals surface area contributed by atoms with Crippen molar-refractivity contribution < 1.29 is 18.3 Å². The number of carboxylic acids is 1. The summed E-state index contributed by atoms with van der Waals surface area (Å²) in [6, 6.07) is 3.03. The Morgan fingerprint density at radius 1 is 1.16 bits per heavy atom. The Bertz CT molecular complexity index is 993. The highest BCUT2D eigenvalue weighted by molar-refractivity contribution is 7.89. The Hall–Kier alpha value is -2.13. The minimum absolute atomic E-state index is 0.00715. The second-order valence-electron chi connectivity index (χ2n) is 6.82. The Morgan fingerprint density at radius 3 is 2.64 bits per heavy atom. The number of carbonyl (C=O) groups is 1. The van der Waals surface area contributed by atoms with Crippen LogP contribution in [0.25, 0.3) is 11.0 Å². The summed E-state index contributed by atoms with van der Waals surface area (Å²) in [6.07, 6.45) is 3.84. The molecule has 8 nitrogen and oxygen atoms in total. The van der Waals surface area contributed by atoms with E-state index in [0.29, 0.717) is 23.9 Å². The van der Waals surface area contributed by atoms with E-state index < -0.39 is 27.7 Å². The fraction of sp³-hybridized carbons (Fsp3) is 0.500. The molecule has 0 radical (unpaired) electrons. The number of rotatable bonds is 3. The normalized spacial score (nSPS) is 27.4. The Balaban J connectivity index is 1.80. The predicted molar refractivity (Wildman–Crippen MR) is 89.7 cm³/mol. The number of aliphatic carboxylic acids is 1. The van der Waals surface area contributed by atoms with Crippen LogP contribution >= 0.6 is 0 Å². The van der Waals surface area contributed by atoms with E-state index in [9.17, 15) is 23.1 Å². The van der Waals surface area contributed by atoms with Crippen LogP contribution in [0.3, 0.4) is 0 Å². The van der Waals surface area contributed by atoms with Crippen molar-refractivity contribution in [3.63, 3.8) is 0 Å². The molecule has 2 aromatic rings. The molecule has 3 unspecified atom stereocenters. The number of carboxylic acid groups (broad SMARTS) is 1. The number of aromatic amines is 2. The van der Waals surface area contributed by atoms with Crippen LogP contribution in [-0.2, 0) is 14.8 Å². The maximum absolute atomic E-state index is 13.2. The van der Waals surface area contributed by atoms with Crippen molar-refractivity contribution in [2.75, 3.05) is 0 Å². The molecule has 3 atom stereocenters. The molecular weight excluding hydrogens is 346 g/mol. The fourth-order valence-electron chi connectivity index (χ4n) is 4.27. The van der Waals surface area contributed by atoms with E-state index in [1.165, 1.54) is 22.5 Å². The van der Waals surface area contributed by atoms with Gasteiger partial charge in [0.2, 0.25) is 10.0 Å². The molecule has 1 aliphatic heterocycles. The molecule has 4 rings (SSSR count). The molecule has 2 aliphatic rings. The van der Waals surface area contributed by atoms with Crippen LogP contribution in [0.5, 0.6) is 0 Å². The second kappa shape index (κ2) is 5.70. The lowest BCUT2D eigenvalue weighted by Crippen LogP contribution is -2.46. The van der Waals surface area contributed by atoms with E-state index in [1.807, 2.05) is 0 Å². The van der Waals surface area contributed by atoms with E-state index in [4.69, 9.17) is 0 Å². The van der Waals surface area contributed by atoms with Gasteiger partial charge in [-0.25, -0.2) is 13.2 Å². The molecule has 1 aliphatic carbocycles. The van der Waals surface area contributed by atoms with Crippen molar-refractivity contribution in [3.05, 3.63) is 28.7 Å². The van der Waals surface area contributed by atoms with Gasteiger partial charge in [0.1, 0.15) is 6.04 Å². The topological polar surface area (TPSA) is 123 Å². The largest absolute Gasteiger partial charge is 0.480 e. The van der Waals surface area contributed by atoms with Crippen LogP contribution in [0.2, 0.25) is 0 Å². The lowest BCUT2D eigenvalue weighted by atomic mass is 9.85. The SMILES string of the molecule is O=C(O)C1CC2CCCCC2N1S(=O)(=O)c1ccc2[nH]c(=O)[nH]c2c1. The Labute approximate surface area is 143 Å². The number of aromatic nitrogens is 2. The van der Waals surface area contributed by atoms with Crippen molar-refractivity contribution >= 4 is 27.0 Å². The van der Waals surface area contributed by atoms with Crippen molar-refractivity contribution in [1.29, 1.82) is 0 Å². The smallest absolute Gasteiger partial charge is 0.323 e. The van der Waals surface area contributed by atoms with Gasteiger partial charge < -0.3 is 15.1 Å². The summed E-state index contributed by atoms with van der Waals surface area (Å²) >= 11 is 0. The van der Waals surface area contributed by atoms with Gasteiger partial charge in [-0.1, -0.05) is 12.8 Å². The molecule has 1 aromatic heterocycles. The Kier molecular flexibility index (Phi) is 3.73. The van der Waals surface area contributed by atoms with Gasteiger partial charge >= 0.3 is 11.7 Å². The van der Waals surface area contributed by atoms with Gasteiger partial charge in [-0.15, -0.1) is 0 Å². The minimum atomic E-state index is -3.97. The van der Waals surface area contributed by atoms with Crippen LogP contribution in [0.1, 0.15) is 32.1 Å². The predicted octanol–water partition coefficient (Wildman–Crippen LogP) is 1.26. The summed E-state index contributed by atoms with van der Waals surface area (Å²) in [4.78, 5) is 28.2. The summed E-state index contributed by atoms with van der Waals surface area (Å²) in [5, 5.41) is 9.56. The zero-order valence-corrected chi connectivity index (χ0v) is 14.3. The minimum Gasteiger partial charge on any atom is -0.480 e. The first-order chi connectivity index (χ1) is 11.9. The van der Waals surface area contributed by atoms with Crippen LogP contribution in [0, 0.1) is 5.92 Å². The number of fused-ring (bicyclic) bond motifs is 2. The van der Waals surface area contributed by atoms with E-state index in [-0.39, 0.29) is 16.9 Å². The molecule has 3 N–H and O–H groups in total. The second-order valence-corrected chi connectivity index (χ2v) is 8.67. The average Bonchev–Trinajstić information content (AvgIpc) is 3.13. The zero-order chi connectivity index (χ0) is 17.8. The summed E-state index contributed by atoms with van der Waals surface area (Å²) in [7, 11) is -3.97. The highest BCUT2D eigenvalue weighted by atomic mass is 32.2. The molecular formula is C16H19N3O5S. The van der Waals surface area contributed by atoms with Gasteiger partial charge in [0.25, 0.3) is 0 Å². The lowest BCUT2D eigenvalue weighted by molar-refractivity contribution is -0.141. The third kappa shape index (κ3) is 2.58. The summed E-state index contributed by atoms with van der Waals surface area (Å²) in [5.74, 6) is -1.01. The van der Waals surface area contributed by atoms with Gasteiger partial charge in [0, 0.05) is 6.04 Å². The quantitative estimate of drug-likeness (QED) is 0.755. The first-order valence-corrected chi connectivity index (χ1v) is 9.80. The summed E-state index contributed by atoms with van der Waals surface area (Å²) in [5.41, 5.74) is 0.481. The van der Waals surface area contributed by atoms with Gasteiger partial charge in [-0.3, -0.25) is 4.79 Å². The fourth-order valence-corrected chi connectivity index (χ4v) is 6.16. The molecule has 1 aromatic carbocycles. The molecule has 1 saturated heterocycles. The number of benzene rings is 1. The first kappa shape index (κ1) is 16.3. The van der Waals surface area contributed by atoms with Crippen molar-refractivity contribution in [2.24, 2.45) is 5.92 Å². The van der Waals surface area contributed by atoms with Crippen LogP contribution in [0.4, 0.5) is 0 Å². The summed E-state index contributed by atoms with van der Waals surface area (Å²) in [6.45, 7) is 0. The van der Waals surface area contributed by atoms with Gasteiger partial charge in [0.05, 0.1) is 15.9 Å². The number of sulfonamides is 1. The maximum Gasteiger partial charge on any atom is 0.323 e. The third-order valence-electron chi connectivity index (χ3n) is 5.38. The highest BCUT2D eigenvalue weighted by Gasteiger charge is 2.51. The maximum atomic E-state index is 13.2. The summed E-state index contributed by atoms with van der Waals surface area (Å²) < 4.78 is 27.6. The molecule has 0 spiro atoms. The van der Waals surface area contributed by atoms with Crippen molar-refractivity contribution in [3.8, 4) is 0 Å². The number of hydrogen-bond acceptors (Lipinski definition) is 4. The van der Waals surface area contributed by atoms with Crippen LogP contribution < -0.4 is 5.69 Å². The molecule has 2 fully saturated rings. The van der Waals surface area contributed by atoms with E-state index in [1.54, 1.807) is 0 Å². The molecule has 25 heavy (non-hydrogen) atoms. The monoisotopic (exact) mass is 365 g/mol. The van der Waals surface area contributed by atoms with E-state index >= 15 is 0 Å². The third-order valence-corrected chi connectivity index (χ3v) is 7.31. The molecule has 9 heteroatoms. The number of H-pyrrole nitrogens is 2. The first-order valence-electron chi connectivity index (χ1n) is 8.36. The molecule has 0 bridgehead atoms. The zero-order valence-electron chi connectivity index (χ0n) is 13.4. The number of nitrogens with one attached hydrogen (secondary N) is 2. The molecule has 0 amide bonds. The number of nitrogens with zero attached hydrogens (tertiary/aromatic N) is 1. The standard InChI is InChI=1S/C16H19N3O5S/c20-15(21)14-7-9-3-1-2-4-13(9)19(14)25(23,24)10-5-6-11-12(8-10)18-16(22)17-11/h5-6,8-9,13-14H,1-4,7H2,(H,20,21)(H2,17,18,22). The van der Waals surface area contributed by atoms with E-state index in [2.05, 4.69) is 9.97 Å². The lowest BCUT2D eigenvalue weighted by Gasteiger charge is -2.32.